The number of hydrogen-bond acceptors (Lipinski definition) is 4. The maximum atomic E-state index is 12.7. The molecular formula is C17H18N2O2S. The molecule has 3 unspecified atom stereocenters. The highest BCUT2D eigenvalue weighted by Gasteiger charge is 2.36. The van der Waals surface area contributed by atoms with Gasteiger partial charge in [0.2, 0.25) is 0 Å². The SMILES string of the molecule is Cc1cccc(S(=O)c2ccc3c(c2)OC2CNCCC32)n1. The van der Waals surface area contributed by atoms with Gasteiger partial charge >= 0.3 is 0 Å². The standard InChI is InChI=1S/C17H18N2O2S/c1-11-3-2-4-17(19-11)22(20)12-5-6-13-14-7-8-18-10-16(14)21-15(13)9-12/h2-6,9,14,16,18H,7-8,10H2,1H3. The molecule has 0 saturated carbocycles. The van der Waals surface area contributed by atoms with Gasteiger partial charge in [0.15, 0.2) is 0 Å². The second-order valence-electron chi connectivity index (χ2n) is 5.84. The first-order valence-corrected chi connectivity index (χ1v) is 8.74. The van der Waals surface area contributed by atoms with Crippen molar-refractivity contribution in [3.63, 3.8) is 0 Å². The first-order chi connectivity index (χ1) is 10.7. The molecule has 5 heteroatoms. The Balaban J connectivity index is 1.66. The molecule has 3 atom stereocenters. The van der Waals surface area contributed by atoms with E-state index >= 15 is 0 Å². The van der Waals surface area contributed by atoms with Crippen LogP contribution in [-0.4, -0.2) is 28.4 Å². The minimum atomic E-state index is -1.27. The highest BCUT2D eigenvalue weighted by atomic mass is 32.2. The summed E-state index contributed by atoms with van der Waals surface area (Å²) in [5.74, 6) is 1.35. The summed E-state index contributed by atoms with van der Waals surface area (Å²) in [6, 6.07) is 11.6. The number of benzene rings is 1. The van der Waals surface area contributed by atoms with Crippen LogP contribution in [0.25, 0.3) is 0 Å². The number of fused-ring (bicyclic) bond motifs is 3. The number of nitrogens with one attached hydrogen (secondary N) is 1. The van der Waals surface area contributed by atoms with Crippen molar-refractivity contribution in [2.75, 3.05) is 13.1 Å². The third-order valence-corrected chi connectivity index (χ3v) is 5.65. The molecule has 4 nitrogen and oxygen atoms in total. The molecule has 1 fully saturated rings. The summed E-state index contributed by atoms with van der Waals surface area (Å²) in [6.07, 6.45) is 1.31. The number of pyridine rings is 1. The summed E-state index contributed by atoms with van der Waals surface area (Å²) in [7, 11) is -1.27. The fourth-order valence-electron chi connectivity index (χ4n) is 3.25. The van der Waals surface area contributed by atoms with Crippen molar-refractivity contribution in [2.45, 2.75) is 35.3 Å². The van der Waals surface area contributed by atoms with E-state index in [2.05, 4.69) is 16.4 Å². The topological polar surface area (TPSA) is 51.2 Å². The third-order valence-electron chi connectivity index (χ3n) is 4.36. The molecule has 114 valence electrons. The second kappa shape index (κ2) is 5.48. The Bertz CT molecular complexity index is 747. The van der Waals surface area contributed by atoms with E-state index in [0.717, 1.165) is 35.8 Å². The van der Waals surface area contributed by atoms with Crippen LogP contribution in [0.2, 0.25) is 0 Å². The fourth-order valence-corrected chi connectivity index (χ4v) is 4.33. The van der Waals surface area contributed by atoms with Crippen LogP contribution in [0.5, 0.6) is 5.75 Å². The van der Waals surface area contributed by atoms with Gasteiger partial charge in [-0.15, -0.1) is 0 Å². The van der Waals surface area contributed by atoms with Crippen molar-refractivity contribution in [3.8, 4) is 5.75 Å². The molecule has 0 aliphatic carbocycles. The van der Waals surface area contributed by atoms with Gasteiger partial charge in [0.25, 0.3) is 0 Å². The Hall–Kier alpha value is -1.72. The third kappa shape index (κ3) is 2.34. The number of aryl methyl sites for hydroxylation is 1. The zero-order chi connectivity index (χ0) is 15.1. The molecule has 0 spiro atoms. The minimum absolute atomic E-state index is 0.213. The van der Waals surface area contributed by atoms with Crippen molar-refractivity contribution < 1.29 is 8.95 Å². The van der Waals surface area contributed by atoms with Crippen LogP contribution in [0.1, 0.15) is 23.6 Å². The predicted octanol–water partition coefficient (Wildman–Crippen LogP) is 2.39. The Kier molecular flexibility index (Phi) is 3.47. The highest BCUT2D eigenvalue weighted by molar-refractivity contribution is 7.85. The summed E-state index contributed by atoms with van der Waals surface area (Å²) in [5.41, 5.74) is 2.13. The van der Waals surface area contributed by atoms with Crippen molar-refractivity contribution in [3.05, 3.63) is 47.7 Å². The summed E-state index contributed by atoms with van der Waals surface area (Å²) >= 11 is 0. The van der Waals surface area contributed by atoms with Crippen LogP contribution >= 0.6 is 0 Å². The first kappa shape index (κ1) is 13.9. The molecule has 1 aromatic heterocycles. The summed E-state index contributed by atoms with van der Waals surface area (Å²) < 4.78 is 18.7. The largest absolute Gasteiger partial charge is 0.488 e. The highest BCUT2D eigenvalue weighted by Crippen LogP contribution is 2.42. The lowest BCUT2D eigenvalue weighted by atomic mass is 9.90. The Morgan fingerprint density at radius 2 is 2.23 bits per heavy atom. The van der Waals surface area contributed by atoms with Crippen LogP contribution in [0, 0.1) is 6.92 Å². The maximum absolute atomic E-state index is 12.7. The summed E-state index contributed by atoms with van der Waals surface area (Å²) in [4.78, 5) is 5.12. The fraction of sp³-hybridized carbons (Fsp3) is 0.353. The van der Waals surface area contributed by atoms with E-state index in [1.807, 2.05) is 31.2 Å². The van der Waals surface area contributed by atoms with Crippen molar-refractivity contribution in [1.29, 1.82) is 0 Å². The number of nitrogens with zero attached hydrogens (tertiary/aromatic N) is 1. The lowest BCUT2D eigenvalue weighted by molar-refractivity contribution is 0.176. The molecular weight excluding hydrogens is 296 g/mol. The van der Waals surface area contributed by atoms with Gasteiger partial charge < -0.3 is 10.1 Å². The monoisotopic (exact) mass is 314 g/mol. The predicted molar refractivity (Wildman–Crippen MR) is 84.7 cm³/mol. The van der Waals surface area contributed by atoms with Gasteiger partial charge in [-0.25, -0.2) is 9.19 Å². The van der Waals surface area contributed by atoms with Gasteiger partial charge in [-0.3, -0.25) is 0 Å². The minimum Gasteiger partial charge on any atom is -0.488 e. The molecule has 0 bridgehead atoms. The molecule has 1 aromatic carbocycles. The Morgan fingerprint density at radius 3 is 3.09 bits per heavy atom. The normalized spacial score (nSPS) is 24.2. The molecule has 4 rings (SSSR count). The molecule has 2 aliphatic rings. The molecule has 1 saturated heterocycles. The van der Waals surface area contributed by atoms with Crippen LogP contribution in [0.3, 0.4) is 0 Å². The van der Waals surface area contributed by atoms with Crippen LogP contribution in [0.4, 0.5) is 0 Å². The van der Waals surface area contributed by atoms with Crippen molar-refractivity contribution >= 4 is 10.8 Å². The molecule has 0 radical (unpaired) electrons. The number of hydrogen-bond donors (Lipinski definition) is 1. The number of ether oxygens (including phenoxy) is 1. The smallest absolute Gasteiger partial charge is 0.132 e. The van der Waals surface area contributed by atoms with Gasteiger partial charge in [-0.2, -0.15) is 0 Å². The molecule has 2 aromatic rings. The average Bonchev–Trinajstić information content (AvgIpc) is 2.91. The van der Waals surface area contributed by atoms with Gasteiger partial charge in [-0.05, 0) is 44.2 Å². The molecule has 2 aliphatic heterocycles. The molecule has 22 heavy (non-hydrogen) atoms. The van der Waals surface area contributed by atoms with Crippen molar-refractivity contribution in [2.24, 2.45) is 0 Å². The van der Waals surface area contributed by atoms with E-state index in [-0.39, 0.29) is 6.10 Å². The molecule has 1 N–H and O–H groups in total. The van der Waals surface area contributed by atoms with E-state index in [1.54, 1.807) is 6.07 Å². The van der Waals surface area contributed by atoms with Gasteiger partial charge in [0.1, 0.15) is 27.7 Å². The lowest BCUT2D eigenvalue weighted by Gasteiger charge is -2.24. The van der Waals surface area contributed by atoms with E-state index < -0.39 is 10.8 Å². The quantitative estimate of drug-likeness (QED) is 0.925. The Labute approximate surface area is 132 Å². The average molecular weight is 314 g/mol. The number of rotatable bonds is 2. The van der Waals surface area contributed by atoms with Gasteiger partial charge in [0, 0.05) is 28.6 Å². The molecule has 0 amide bonds. The Morgan fingerprint density at radius 1 is 1.32 bits per heavy atom. The van der Waals surface area contributed by atoms with Crippen molar-refractivity contribution in [1.82, 2.24) is 10.3 Å². The van der Waals surface area contributed by atoms with E-state index in [0.29, 0.717) is 10.9 Å². The lowest BCUT2D eigenvalue weighted by Crippen LogP contribution is -2.39. The zero-order valence-corrected chi connectivity index (χ0v) is 13.2. The molecule has 3 heterocycles. The summed E-state index contributed by atoms with van der Waals surface area (Å²) in [6.45, 7) is 3.83. The summed E-state index contributed by atoms with van der Waals surface area (Å²) in [5, 5.41) is 3.96. The van der Waals surface area contributed by atoms with Crippen LogP contribution < -0.4 is 10.1 Å². The zero-order valence-electron chi connectivity index (χ0n) is 12.4. The van der Waals surface area contributed by atoms with Crippen LogP contribution in [-0.2, 0) is 10.8 Å². The second-order valence-corrected chi connectivity index (χ2v) is 7.27. The van der Waals surface area contributed by atoms with Gasteiger partial charge in [0.05, 0.1) is 0 Å². The van der Waals surface area contributed by atoms with E-state index in [4.69, 9.17) is 4.74 Å². The first-order valence-electron chi connectivity index (χ1n) is 7.59. The number of aromatic nitrogens is 1. The number of piperidine rings is 1. The van der Waals surface area contributed by atoms with Crippen LogP contribution in [0.15, 0.2) is 46.3 Å². The van der Waals surface area contributed by atoms with E-state index in [1.165, 1.54) is 5.56 Å². The maximum Gasteiger partial charge on any atom is 0.132 e. The van der Waals surface area contributed by atoms with E-state index in [9.17, 15) is 4.21 Å². The van der Waals surface area contributed by atoms with Gasteiger partial charge in [-0.1, -0.05) is 12.1 Å².